The Hall–Kier alpha value is -3.09. The van der Waals surface area contributed by atoms with Crippen LogP contribution >= 0.6 is 6.60 Å². The minimum absolute atomic E-state index is 0.261. The van der Waals surface area contributed by atoms with Crippen molar-refractivity contribution in [2.75, 3.05) is 13.8 Å². The summed E-state index contributed by atoms with van der Waals surface area (Å²) in [6.07, 6.45) is 4.95. The van der Waals surface area contributed by atoms with Crippen LogP contribution in [0.4, 0.5) is 0 Å². The summed E-state index contributed by atoms with van der Waals surface area (Å²) in [5.74, 6) is 1.65. The molecular formula is C31H33O2P. The molecule has 34 heavy (non-hydrogen) atoms. The third-order valence-electron chi connectivity index (χ3n) is 7.59. The Labute approximate surface area is 203 Å². The molecule has 0 amide bonds. The van der Waals surface area contributed by atoms with Crippen molar-refractivity contribution in [1.82, 2.24) is 0 Å². The zero-order chi connectivity index (χ0) is 23.5. The summed E-state index contributed by atoms with van der Waals surface area (Å²) in [5, 5.41) is 5.29. The van der Waals surface area contributed by atoms with Crippen molar-refractivity contribution < 1.29 is 9.47 Å². The van der Waals surface area contributed by atoms with Crippen molar-refractivity contribution in [3.05, 3.63) is 109 Å². The third kappa shape index (κ3) is 3.62. The van der Waals surface area contributed by atoms with Gasteiger partial charge in [-0.1, -0.05) is 0 Å². The van der Waals surface area contributed by atoms with E-state index < -0.39 is 6.60 Å². The quantitative estimate of drug-likeness (QED) is 0.319. The monoisotopic (exact) mass is 468 g/mol. The molecule has 0 radical (unpaired) electrons. The first-order valence-corrected chi connectivity index (χ1v) is 14.9. The second-order valence-electron chi connectivity index (χ2n) is 9.43. The van der Waals surface area contributed by atoms with Crippen molar-refractivity contribution in [2.24, 2.45) is 0 Å². The number of methoxy groups -OCH3 is 1. The number of benzene rings is 4. The molecule has 1 saturated carbocycles. The maximum absolute atomic E-state index is 6.58. The molecule has 0 aromatic heterocycles. The molecule has 0 saturated heterocycles. The summed E-state index contributed by atoms with van der Waals surface area (Å²) in [7, 11) is 1.73. The van der Waals surface area contributed by atoms with Crippen LogP contribution in [-0.2, 0) is 0 Å². The molecule has 4 aromatic rings. The Morgan fingerprint density at radius 1 is 0.588 bits per heavy atom. The summed E-state index contributed by atoms with van der Waals surface area (Å²) in [6.45, 7) is -0.605. The number of ether oxygens (including phenoxy) is 2. The Bertz CT molecular complexity index is 1130. The van der Waals surface area contributed by atoms with E-state index in [0.717, 1.165) is 24.3 Å². The zero-order valence-corrected chi connectivity index (χ0v) is 21.0. The molecule has 3 heteroatoms. The summed E-state index contributed by atoms with van der Waals surface area (Å²) in [6, 6.07) is 39.6. The van der Waals surface area contributed by atoms with Gasteiger partial charge in [-0.2, -0.15) is 0 Å². The Morgan fingerprint density at radius 2 is 1.06 bits per heavy atom. The van der Waals surface area contributed by atoms with E-state index >= 15 is 0 Å². The fourth-order valence-corrected chi connectivity index (χ4v) is 11.0. The van der Waals surface area contributed by atoms with Crippen LogP contribution in [0.2, 0.25) is 0 Å². The van der Waals surface area contributed by atoms with Crippen molar-refractivity contribution >= 4 is 27.8 Å². The molecule has 0 spiro atoms. The van der Waals surface area contributed by atoms with Gasteiger partial charge in [-0.25, -0.2) is 0 Å². The molecule has 174 valence electrons. The molecule has 1 fully saturated rings. The summed E-state index contributed by atoms with van der Waals surface area (Å²) < 4.78 is 12.3. The average Bonchev–Trinajstić information content (AvgIpc) is 3.43. The van der Waals surface area contributed by atoms with Crippen LogP contribution in [-0.4, -0.2) is 19.9 Å². The van der Waals surface area contributed by atoms with Gasteiger partial charge in [0.05, 0.1) is 0 Å². The fourth-order valence-electron chi connectivity index (χ4n) is 5.59. The molecule has 0 N–H and O–H groups in total. The van der Waals surface area contributed by atoms with Gasteiger partial charge in [-0.15, -0.1) is 0 Å². The molecule has 2 nitrogen and oxygen atoms in total. The van der Waals surface area contributed by atoms with Gasteiger partial charge in [-0.3, -0.25) is 0 Å². The molecular weight excluding hydrogens is 435 g/mol. The van der Waals surface area contributed by atoms with Gasteiger partial charge >= 0.3 is 204 Å². The third-order valence-corrected chi connectivity index (χ3v) is 13.9. The van der Waals surface area contributed by atoms with Gasteiger partial charge < -0.3 is 0 Å². The van der Waals surface area contributed by atoms with Crippen LogP contribution in [0.3, 0.4) is 0 Å². The topological polar surface area (TPSA) is 18.5 Å². The predicted molar refractivity (Wildman–Crippen MR) is 147 cm³/mol. The molecule has 0 atom stereocenters. The van der Waals surface area contributed by atoms with Crippen molar-refractivity contribution in [3.8, 4) is 11.5 Å². The first-order valence-electron chi connectivity index (χ1n) is 12.2. The van der Waals surface area contributed by atoms with E-state index in [2.05, 4.69) is 116 Å². The first kappa shape index (κ1) is 22.7. The number of hydrogen-bond acceptors (Lipinski definition) is 2. The van der Waals surface area contributed by atoms with Gasteiger partial charge in [0.1, 0.15) is 0 Å². The van der Waals surface area contributed by atoms with Crippen molar-refractivity contribution in [3.63, 3.8) is 0 Å². The van der Waals surface area contributed by atoms with Crippen LogP contribution in [0, 0.1) is 0 Å². The second-order valence-corrected chi connectivity index (χ2v) is 14.6. The number of rotatable bonds is 7. The van der Waals surface area contributed by atoms with Crippen LogP contribution in [0.25, 0.3) is 0 Å². The fraction of sp³-hybridized carbons (Fsp3) is 0.226. The van der Waals surface area contributed by atoms with Gasteiger partial charge in [0, 0.05) is 0 Å². The van der Waals surface area contributed by atoms with Gasteiger partial charge in [0.15, 0.2) is 0 Å². The molecule has 0 unspecified atom stereocenters. The van der Waals surface area contributed by atoms with Gasteiger partial charge in [0.2, 0.25) is 0 Å². The molecule has 4 aromatic carbocycles. The van der Waals surface area contributed by atoms with Crippen LogP contribution in [0.1, 0.15) is 25.7 Å². The molecule has 1 aliphatic carbocycles. The predicted octanol–water partition coefficient (Wildman–Crippen LogP) is 5.80. The van der Waals surface area contributed by atoms with E-state index in [1.165, 1.54) is 34.1 Å². The number of hydrogen-bond donors (Lipinski definition) is 0. The van der Waals surface area contributed by atoms with E-state index in [1.807, 2.05) is 0 Å². The Kier molecular flexibility index (Phi) is 6.19. The van der Waals surface area contributed by atoms with Gasteiger partial charge in [-0.05, 0) is 0 Å². The minimum atomic E-state index is -3.08. The summed E-state index contributed by atoms with van der Waals surface area (Å²) in [5.41, 5.74) is 0. The van der Waals surface area contributed by atoms with Crippen molar-refractivity contribution in [1.29, 1.82) is 0 Å². The van der Waals surface area contributed by atoms with Crippen LogP contribution < -0.4 is 30.7 Å². The van der Waals surface area contributed by atoms with Crippen molar-refractivity contribution in [2.45, 2.75) is 31.8 Å². The molecule has 1 aliphatic rings. The molecule has 0 bridgehead atoms. The Morgan fingerprint density at radius 3 is 1.50 bits per heavy atom. The van der Waals surface area contributed by atoms with E-state index in [0.29, 0.717) is 0 Å². The summed E-state index contributed by atoms with van der Waals surface area (Å²) in [4.78, 5) is 0. The normalized spacial score (nSPS) is 15.4. The summed E-state index contributed by atoms with van der Waals surface area (Å²) >= 11 is 0. The van der Waals surface area contributed by atoms with E-state index in [9.17, 15) is 0 Å². The van der Waals surface area contributed by atoms with Crippen LogP contribution in [0.15, 0.2) is 109 Å². The standard InChI is InChI=1S/C31H33O2P/c1-32-30-23-22-29(24-31(30)33-25-14-12-13-15-25)34(2,26-16-6-3-7-17-26,27-18-8-4-9-19-27)28-20-10-5-11-21-28/h3-11,16-25H,12-15H2,1-2H3. The van der Waals surface area contributed by atoms with E-state index in [-0.39, 0.29) is 6.10 Å². The molecule has 0 aliphatic heterocycles. The Balaban J connectivity index is 1.84. The second kappa shape index (κ2) is 9.28. The maximum atomic E-state index is 6.58. The SMILES string of the molecule is COc1ccc(P(C)(c2ccccc2)(c2ccccc2)c2ccccc2)cc1OC1CCCC1. The molecule has 0 heterocycles. The zero-order valence-electron chi connectivity index (χ0n) is 20.1. The first-order chi connectivity index (χ1) is 16.6. The van der Waals surface area contributed by atoms with Crippen LogP contribution in [0.5, 0.6) is 11.5 Å². The van der Waals surface area contributed by atoms with Gasteiger partial charge in [0.25, 0.3) is 0 Å². The molecule has 5 rings (SSSR count). The van der Waals surface area contributed by atoms with E-state index in [4.69, 9.17) is 9.47 Å². The average molecular weight is 469 g/mol. The van der Waals surface area contributed by atoms with E-state index in [1.54, 1.807) is 7.11 Å².